The predicted octanol–water partition coefficient (Wildman–Crippen LogP) is 1.48. The zero-order valence-electron chi connectivity index (χ0n) is 6.52. The van der Waals surface area contributed by atoms with Crippen LogP contribution < -0.4 is 5.32 Å². The number of rotatable bonds is 6. The van der Waals surface area contributed by atoms with Gasteiger partial charge in [0.05, 0.1) is 0 Å². The Hall–Kier alpha value is -0.790. The van der Waals surface area contributed by atoms with Crippen LogP contribution in [0.1, 0.15) is 26.2 Å². The molecule has 0 aliphatic heterocycles. The van der Waals surface area contributed by atoms with Crippen molar-refractivity contribution in [2.45, 2.75) is 26.2 Å². The molecule has 0 aliphatic carbocycles. The highest BCUT2D eigenvalue weighted by Crippen LogP contribution is 2.02. The molecule has 1 N–H and O–H groups in total. The quantitative estimate of drug-likeness (QED) is 0.440. The first-order valence-corrected chi connectivity index (χ1v) is 3.65. The summed E-state index contributed by atoms with van der Waals surface area (Å²) >= 11 is 0. The van der Waals surface area contributed by atoms with Crippen molar-refractivity contribution in [3.63, 3.8) is 0 Å². The van der Waals surface area contributed by atoms with Crippen molar-refractivity contribution < 1.29 is 4.79 Å². The summed E-state index contributed by atoms with van der Waals surface area (Å²) in [7, 11) is 0. The van der Waals surface area contributed by atoms with Gasteiger partial charge in [-0.1, -0.05) is 25.5 Å². The third-order valence-corrected chi connectivity index (χ3v) is 1.32. The van der Waals surface area contributed by atoms with Crippen LogP contribution >= 0.6 is 0 Å². The number of unbranched alkanes of at least 4 members (excludes halogenated alkanes) is 1. The molecule has 58 valence electrons. The molecule has 0 spiro atoms. The summed E-state index contributed by atoms with van der Waals surface area (Å²) in [5.74, 6) is 0. The van der Waals surface area contributed by atoms with Crippen molar-refractivity contribution in [1.82, 2.24) is 5.32 Å². The van der Waals surface area contributed by atoms with Gasteiger partial charge in [-0.15, -0.1) is 0 Å². The lowest BCUT2D eigenvalue weighted by Gasteiger charge is -2.01. The molecular weight excluding hydrogens is 126 g/mol. The second kappa shape index (κ2) is 6.33. The molecule has 0 heterocycles. The number of nitrogens with one attached hydrogen (secondary N) is 1. The summed E-state index contributed by atoms with van der Waals surface area (Å²) in [6.07, 6.45) is 4.08. The van der Waals surface area contributed by atoms with Gasteiger partial charge in [-0.25, -0.2) is 0 Å². The van der Waals surface area contributed by atoms with Crippen molar-refractivity contribution in [3.05, 3.63) is 12.2 Å². The molecule has 0 atom stereocenters. The molecule has 0 fully saturated rings. The van der Waals surface area contributed by atoms with E-state index in [4.69, 9.17) is 0 Å². The molecule has 1 amide bonds. The fraction of sp³-hybridized carbons (Fsp3) is 0.625. The summed E-state index contributed by atoms with van der Waals surface area (Å²) in [6, 6.07) is 0. The first kappa shape index (κ1) is 9.21. The molecule has 0 unspecified atom stereocenters. The fourth-order valence-electron chi connectivity index (χ4n) is 0.701. The Morgan fingerprint density at radius 3 is 2.90 bits per heavy atom. The molecular formula is C8H15NO. The maximum atomic E-state index is 9.83. The van der Waals surface area contributed by atoms with Crippen LogP contribution in [-0.2, 0) is 4.79 Å². The predicted molar refractivity (Wildman–Crippen MR) is 42.7 cm³/mol. The third-order valence-electron chi connectivity index (χ3n) is 1.32. The van der Waals surface area contributed by atoms with Crippen molar-refractivity contribution in [3.8, 4) is 0 Å². The number of hydrogen-bond donors (Lipinski definition) is 1. The Balaban J connectivity index is 3.16. The zero-order valence-corrected chi connectivity index (χ0v) is 6.52. The van der Waals surface area contributed by atoms with Crippen LogP contribution in [0.3, 0.4) is 0 Å². The summed E-state index contributed by atoms with van der Waals surface area (Å²) in [5, 5.41) is 2.58. The molecule has 0 aromatic heterocycles. The van der Waals surface area contributed by atoms with E-state index in [1.165, 1.54) is 12.8 Å². The molecule has 0 rings (SSSR count). The minimum absolute atomic E-state index is 0.628. The Kier molecular flexibility index (Phi) is 5.83. The first-order valence-electron chi connectivity index (χ1n) is 3.65. The van der Waals surface area contributed by atoms with Crippen LogP contribution in [0.4, 0.5) is 0 Å². The van der Waals surface area contributed by atoms with Crippen molar-refractivity contribution in [2.75, 3.05) is 6.54 Å². The van der Waals surface area contributed by atoms with Crippen LogP contribution in [0.2, 0.25) is 0 Å². The highest BCUT2D eigenvalue weighted by molar-refractivity contribution is 5.46. The molecule has 0 saturated heterocycles. The Bertz CT molecular complexity index is 110. The van der Waals surface area contributed by atoms with Crippen LogP contribution in [0, 0.1) is 0 Å². The second-order valence-corrected chi connectivity index (χ2v) is 2.35. The Morgan fingerprint density at radius 2 is 2.40 bits per heavy atom. The molecule has 2 nitrogen and oxygen atoms in total. The normalized spacial score (nSPS) is 8.90. The van der Waals surface area contributed by atoms with Gasteiger partial charge in [0, 0.05) is 6.54 Å². The van der Waals surface area contributed by atoms with E-state index in [1.54, 1.807) is 0 Å². The third kappa shape index (κ3) is 5.35. The molecule has 0 bridgehead atoms. The summed E-state index contributed by atoms with van der Waals surface area (Å²) < 4.78 is 0. The maximum absolute atomic E-state index is 9.83. The van der Waals surface area contributed by atoms with Crippen LogP contribution in [0.15, 0.2) is 12.2 Å². The number of amides is 1. The van der Waals surface area contributed by atoms with Gasteiger partial charge < -0.3 is 5.32 Å². The van der Waals surface area contributed by atoms with Gasteiger partial charge in [0.2, 0.25) is 6.41 Å². The van der Waals surface area contributed by atoms with Gasteiger partial charge in [0.1, 0.15) is 0 Å². The van der Waals surface area contributed by atoms with Gasteiger partial charge in [-0.2, -0.15) is 0 Å². The monoisotopic (exact) mass is 141 g/mol. The Morgan fingerprint density at radius 1 is 1.70 bits per heavy atom. The van der Waals surface area contributed by atoms with E-state index in [2.05, 4.69) is 18.8 Å². The van der Waals surface area contributed by atoms with Gasteiger partial charge in [0.15, 0.2) is 0 Å². The van der Waals surface area contributed by atoms with Crippen LogP contribution in [-0.4, -0.2) is 13.0 Å². The Labute approximate surface area is 62.3 Å². The fourth-order valence-corrected chi connectivity index (χ4v) is 0.701. The number of carbonyl (C=O) groups is 1. The molecule has 2 heteroatoms. The average molecular weight is 141 g/mol. The zero-order chi connectivity index (χ0) is 7.82. The molecule has 0 aromatic carbocycles. The van der Waals surface area contributed by atoms with Crippen LogP contribution in [0.25, 0.3) is 0 Å². The van der Waals surface area contributed by atoms with Crippen molar-refractivity contribution in [1.29, 1.82) is 0 Å². The summed E-state index contributed by atoms with van der Waals surface area (Å²) in [4.78, 5) is 9.83. The topological polar surface area (TPSA) is 29.1 Å². The minimum Gasteiger partial charge on any atom is -0.355 e. The lowest BCUT2D eigenvalue weighted by molar-refractivity contribution is -0.109. The van der Waals surface area contributed by atoms with E-state index in [-0.39, 0.29) is 0 Å². The number of hydrogen-bond acceptors (Lipinski definition) is 1. The lowest BCUT2D eigenvalue weighted by atomic mass is 10.1. The average Bonchev–Trinajstić information content (AvgIpc) is 1.97. The standard InChI is InChI=1S/C8H15NO/c1-3-4-5-8(2)6-9-7-10/h7H,2-6H2,1H3,(H,9,10). The molecule has 0 aromatic rings. The molecule has 0 radical (unpaired) electrons. The van der Waals surface area contributed by atoms with E-state index in [0.29, 0.717) is 13.0 Å². The highest BCUT2D eigenvalue weighted by atomic mass is 16.1. The van der Waals surface area contributed by atoms with Crippen molar-refractivity contribution >= 4 is 6.41 Å². The number of carbonyl (C=O) groups excluding carboxylic acids is 1. The SMILES string of the molecule is C=C(CCCC)CNC=O. The summed E-state index contributed by atoms with van der Waals surface area (Å²) in [5.41, 5.74) is 1.11. The molecule has 0 saturated carbocycles. The summed E-state index contributed by atoms with van der Waals surface area (Å²) in [6.45, 7) is 6.58. The van der Waals surface area contributed by atoms with Gasteiger partial charge in [-0.3, -0.25) is 4.79 Å². The second-order valence-electron chi connectivity index (χ2n) is 2.35. The minimum atomic E-state index is 0.628. The maximum Gasteiger partial charge on any atom is 0.207 e. The van der Waals surface area contributed by atoms with Crippen LogP contribution in [0.5, 0.6) is 0 Å². The van der Waals surface area contributed by atoms with E-state index < -0.39 is 0 Å². The molecule has 10 heavy (non-hydrogen) atoms. The van der Waals surface area contributed by atoms with Gasteiger partial charge in [-0.05, 0) is 12.8 Å². The van der Waals surface area contributed by atoms with Gasteiger partial charge in [0.25, 0.3) is 0 Å². The largest absolute Gasteiger partial charge is 0.355 e. The van der Waals surface area contributed by atoms with E-state index >= 15 is 0 Å². The molecule has 0 aliphatic rings. The smallest absolute Gasteiger partial charge is 0.207 e. The van der Waals surface area contributed by atoms with Gasteiger partial charge >= 0.3 is 0 Å². The van der Waals surface area contributed by atoms with E-state index in [9.17, 15) is 4.79 Å². The lowest BCUT2D eigenvalue weighted by Crippen LogP contribution is -2.13. The first-order chi connectivity index (χ1) is 4.81. The van der Waals surface area contributed by atoms with Crippen molar-refractivity contribution in [2.24, 2.45) is 0 Å². The highest BCUT2D eigenvalue weighted by Gasteiger charge is 1.90. The van der Waals surface area contributed by atoms with E-state index in [1.807, 2.05) is 0 Å². The van der Waals surface area contributed by atoms with E-state index in [0.717, 1.165) is 12.0 Å².